The molecule has 0 atom stereocenters. The maximum Gasteiger partial charge on any atom is 0.343 e. The van der Waals surface area contributed by atoms with Crippen LogP contribution in [0, 0.1) is 0 Å². The number of benzene rings is 1. The number of halogens is 2. The number of ether oxygens (including phenoxy) is 1. The lowest BCUT2D eigenvalue weighted by atomic mass is 10.1. The highest BCUT2D eigenvalue weighted by Crippen LogP contribution is 2.24. The van der Waals surface area contributed by atoms with E-state index < -0.39 is 5.97 Å². The van der Waals surface area contributed by atoms with E-state index in [4.69, 9.17) is 27.9 Å². The first-order valence-corrected chi connectivity index (χ1v) is 7.31. The zero-order valence-electron chi connectivity index (χ0n) is 11.7. The van der Waals surface area contributed by atoms with Gasteiger partial charge in [0, 0.05) is 10.6 Å². The molecule has 110 valence electrons. The first kappa shape index (κ1) is 15.7. The van der Waals surface area contributed by atoms with Crippen LogP contribution in [0.25, 0.3) is 11.4 Å². The number of aryl methyl sites for hydroxylation is 1. The molecule has 0 bridgehead atoms. The third-order valence-electron chi connectivity index (χ3n) is 2.86. The second-order valence-electron chi connectivity index (χ2n) is 4.24. The minimum absolute atomic E-state index is 0.102. The Morgan fingerprint density at radius 3 is 2.38 bits per heavy atom. The van der Waals surface area contributed by atoms with Gasteiger partial charge in [-0.1, -0.05) is 30.1 Å². The SMILES string of the molecule is CCOC(=O)c1c(Cl)nc(-c2ccc(Cl)cc2)nc1CC. The van der Waals surface area contributed by atoms with Crippen LogP contribution in [0.5, 0.6) is 0 Å². The molecule has 0 radical (unpaired) electrons. The smallest absolute Gasteiger partial charge is 0.343 e. The van der Waals surface area contributed by atoms with Crippen LogP contribution in [0.3, 0.4) is 0 Å². The first-order chi connectivity index (χ1) is 10.1. The highest BCUT2D eigenvalue weighted by atomic mass is 35.5. The minimum atomic E-state index is -0.498. The molecule has 0 fully saturated rings. The zero-order chi connectivity index (χ0) is 15.4. The van der Waals surface area contributed by atoms with E-state index in [1.807, 2.05) is 6.92 Å². The molecule has 2 rings (SSSR count). The molecule has 0 saturated heterocycles. The number of rotatable bonds is 4. The average molecular weight is 325 g/mol. The maximum absolute atomic E-state index is 11.9. The Hall–Kier alpha value is -1.65. The Morgan fingerprint density at radius 2 is 1.81 bits per heavy atom. The van der Waals surface area contributed by atoms with Gasteiger partial charge in [0.1, 0.15) is 10.7 Å². The maximum atomic E-state index is 11.9. The van der Waals surface area contributed by atoms with Crippen LogP contribution in [0.2, 0.25) is 10.2 Å². The van der Waals surface area contributed by atoms with Crippen molar-refractivity contribution in [2.45, 2.75) is 20.3 Å². The van der Waals surface area contributed by atoms with E-state index in [2.05, 4.69) is 9.97 Å². The number of hydrogen-bond donors (Lipinski definition) is 0. The molecule has 6 heteroatoms. The summed E-state index contributed by atoms with van der Waals surface area (Å²) in [6, 6.07) is 7.10. The van der Waals surface area contributed by atoms with Gasteiger partial charge in [-0.25, -0.2) is 14.8 Å². The molecule has 1 aromatic carbocycles. The average Bonchev–Trinajstić information content (AvgIpc) is 2.47. The van der Waals surface area contributed by atoms with E-state index >= 15 is 0 Å². The van der Waals surface area contributed by atoms with Crippen molar-refractivity contribution in [1.29, 1.82) is 0 Å². The number of carbonyl (C=O) groups is 1. The number of carbonyl (C=O) groups excluding carboxylic acids is 1. The Morgan fingerprint density at radius 1 is 1.14 bits per heavy atom. The van der Waals surface area contributed by atoms with Crippen molar-refractivity contribution in [2.75, 3.05) is 6.61 Å². The first-order valence-electron chi connectivity index (χ1n) is 6.56. The lowest BCUT2D eigenvalue weighted by Gasteiger charge is -2.10. The van der Waals surface area contributed by atoms with Crippen molar-refractivity contribution in [3.63, 3.8) is 0 Å². The zero-order valence-corrected chi connectivity index (χ0v) is 13.2. The molecule has 0 aliphatic carbocycles. The molecule has 0 amide bonds. The summed E-state index contributed by atoms with van der Waals surface area (Å²) in [7, 11) is 0. The van der Waals surface area contributed by atoms with Crippen molar-refractivity contribution in [2.24, 2.45) is 0 Å². The normalized spacial score (nSPS) is 10.5. The fourth-order valence-electron chi connectivity index (χ4n) is 1.87. The van der Waals surface area contributed by atoms with Gasteiger partial charge in [0.05, 0.1) is 12.3 Å². The summed E-state index contributed by atoms with van der Waals surface area (Å²) in [5, 5.41) is 0.731. The Bertz CT molecular complexity index is 657. The molecular weight excluding hydrogens is 311 g/mol. The number of esters is 1. The molecule has 0 aliphatic rings. The molecule has 0 aliphatic heterocycles. The van der Waals surface area contributed by atoms with Gasteiger partial charge in [-0.3, -0.25) is 0 Å². The summed E-state index contributed by atoms with van der Waals surface area (Å²) in [5.41, 5.74) is 1.59. The van der Waals surface area contributed by atoms with Crippen molar-refractivity contribution >= 4 is 29.2 Å². The molecular formula is C15H14Cl2N2O2. The van der Waals surface area contributed by atoms with Crippen LogP contribution in [0.4, 0.5) is 0 Å². The second-order valence-corrected chi connectivity index (χ2v) is 5.04. The predicted molar refractivity (Wildman–Crippen MR) is 82.8 cm³/mol. The highest BCUT2D eigenvalue weighted by molar-refractivity contribution is 6.32. The topological polar surface area (TPSA) is 52.1 Å². The molecule has 0 unspecified atom stereocenters. The summed E-state index contributed by atoms with van der Waals surface area (Å²) in [5.74, 6) is -0.0384. The van der Waals surface area contributed by atoms with E-state index in [1.165, 1.54) is 0 Å². The Balaban J connectivity index is 2.50. The summed E-state index contributed by atoms with van der Waals surface area (Å²) >= 11 is 12.0. The van der Waals surface area contributed by atoms with E-state index in [0.29, 0.717) is 23.0 Å². The monoisotopic (exact) mass is 324 g/mol. The van der Waals surface area contributed by atoms with Gasteiger partial charge < -0.3 is 4.74 Å². The standard InChI is InChI=1S/C15H14Cl2N2O2/c1-3-11-12(15(20)21-4-2)13(17)19-14(18-11)9-5-7-10(16)8-6-9/h5-8H,3-4H2,1-2H3. The molecule has 2 aromatic rings. The highest BCUT2D eigenvalue weighted by Gasteiger charge is 2.20. The lowest BCUT2D eigenvalue weighted by molar-refractivity contribution is 0.0524. The van der Waals surface area contributed by atoms with E-state index in [1.54, 1.807) is 31.2 Å². The van der Waals surface area contributed by atoms with Crippen LogP contribution >= 0.6 is 23.2 Å². The quantitative estimate of drug-likeness (QED) is 0.625. The van der Waals surface area contributed by atoms with Crippen LogP contribution < -0.4 is 0 Å². The molecule has 0 N–H and O–H groups in total. The Kier molecular flexibility index (Phi) is 5.15. The third kappa shape index (κ3) is 3.52. The Labute approximate surface area is 133 Å². The molecule has 0 spiro atoms. The predicted octanol–water partition coefficient (Wildman–Crippen LogP) is 4.19. The molecule has 1 aromatic heterocycles. The fraction of sp³-hybridized carbons (Fsp3) is 0.267. The van der Waals surface area contributed by atoms with Crippen molar-refractivity contribution < 1.29 is 9.53 Å². The van der Waals surface area contributed by atoms with Gasteiger partial charge in [-0.2, -0.15) is 0 Å². The molecule has 21 heavy (non-hydrogen) atoms. The number of hydrogen-bond acceptors (Lipinski definition) is 4. The third-order valence-corrected chi connectivity index (χ3v) is 3.38. The van der Waals surface area contributed by atoms with Crippen LogP contribution in [0.1, 0.15) is 29.9 Å². The van der Waals surface area contributed by atoms with Gasteiger partial charge in [0.25, 0.3) is 0 Å². The van der Waals surface area contributed by atoms with Gasteiger partial charge in [0.15, 0.2) is 5.82 Å². The summed E-state index contributed by atoms with van der Waals surface area (Å²) < 4.78 is 4.99. The minimum Gasteiger partial charge on any atom is -0.462 e. The summed E-state index contributed by atoms with van der Waals surface area (Å²) in [4.78, 5) is 20.5. The van der Waals surface area contributed by atoms with E-state index in [0.717, 1.165) is 5.56 Å². The van der Waals surface area contributed by atoms with Crippen LogP contribution in [-0.4, -0.2) is 22.5 Å². The van der Waals surface area contributed by atoms with Crippen LogP contribution in [0.15, 0.2) is 24.3 Å². The summed E-state index contributed by atoms with van der Waals surface area (Å²) in [6.45, 7) is 3.91. The number of aromatic nitrogens is 2. The second kappa shape index (κ2) is 6.87. The number of nitrogens with zero attached hydrogens (tertiary/aromatic N) is 2. The van der Waals surface area contributed by atoms with Crippen molar-refractivity contribution in [3.05, 3.63) is 45.7 Å². The van der Waals surface area contributed by atoms with E-state index in [9.17, 15) is 4.79 Å². The van der Waals surface area contributed by atoms with Gasteiger partial charge in [-0.15, -0.1) is 0 Å². The summed E-state index contributed by atoms with van der Waals surface area (Å²) in [6.07, 6.45) is 0.553. The largest absolute Gasteiger partial charge is 0.462 e. The molecule has 4 nitrogen and oxygen atoms in total. The van der Waals surface area contributed by atoms with Gasteiger partial charge >= 0.3 is 5.97 Å². The lowest BCUT2D eigenvalue weighted by Crippen LogP contribution is -2.12. The molecule has 0 saturated carbocycles. The van der Waals surface area contributed by atoms with E-state index in [-0.39, 0.29) is 17.3 Å². The van der Waals surface area contributed by atoms with Gasteiger partial charge in [0.2, 0.25) is 0 Å². The van der Waals surface area contributed by atoms with Crippen LogP contribution in [-0.2, 0) is 11.2 Å². The van der Waals surface area contributed by atoms with Crippen molar-refractivity contribution in [3.8, 4) is 11.4 Å². The van der Waals surface area contributed by atoms with Crippen molar-refractivity contribution in [1.82, 2.24) is 9.97 Å². The molecule has 1 heterocycles. The fourth-order valence-corrected chi connectivity index (χ4v) is 2.26. The van der Waals surface area contributed by atoms with Gasteiger partial charge in [-0.05, 0) is 37.6 Å².